The van der Waals surface area contributed by atoms with Crippen molar-refractivity contribution in [1.82, 2.24) is 0 Å². The molecule has 0 unspecified atom stereocenters. The lowest BCUT2D eigenvalue weighted by atomic mass is 10.2. The second-order valence-corrected chi connectivity index (χ2v) is 16.7. The molecule has 0 amide bonds. The number of rotatable bonds is 28. The van der Waals surface area contributed by atoms with Crippen LogP contribution in [-0.4, -0.2) is 62.7 Å². The molecular weight excluding hydrogens is 897 g/mol. The SMILES string of the molecule is CCCCCCCOc1ccc(C(=O)Oc2ccc(C=Nc3ccc(C(=O)OCCCOC(=O)c4ccc(N=Cc5ccc(OC(=O)c6ccc(OCCCCCCC)cc6)cc5)cc4)cc3)cc2)cc1. The first-order valence-electron chi connectivity index (χ1n) is 24.5. The van der Waals surface area contributed by atoms with E-state index in [1.54, 1.807) is 158 Å². The summed E-state index contributed by atoms with van der Waals surface area (Å²) in [5.74, 6) is 0.342. The molecule has 0 bridgehead atoms. The van der Waals surface area contributed by atoms with E-state index in [0.717, 1.165) is 48.3 Å². The summed E-state index contributed by atoms with van der Waals surface area (Å²) in [5.41, 5.74) is 4.43. The average Bonchev–Trinajstić information content (AvgIpc) is 3.40. The molecule has 0 heterocycles. The topological polar surface area (TPSA) is 148 Å². The van der Waals surface area contributed by atoms with E-state index in [1.165, 1.54) is 38.5 Å². The van der Waals surface area contributed by atoms with Gasteiger partial charge in [0.2, 0.25) is 0 Å². The Morgan fingerprint density at radius 2 is 0.676 bits per heavy atom. The molecule has 0 aromatic heterocycles. The predicted octanol–water partition coefficient (Wildman–Crippen LogP) is 13.7. The van der Waals surface area contributed by atoms with Gasteiger partial charge >= 0.3 is 23.9 Å². The van der Waals surface area contributed by atoms with E-state index in [-0.39, 0.29) is 13.2 Å². The lowest BCUT2D eigenvalue weighted by Crippen LogP contribution is -2.11. The Bertz CT molecular complexity index is 2440. The number of esters is 4. The van der Waals surface area contributed by atoms with Crippen molar-refractivity contribution in [3.8, 4) is 23.0 Å². The monoisotopic (exact) mass is 958 g/mol. The van der Waals surface area contributed by atoms with Crippen LogP contribution in [0.1, 0.15) is 137 Å². The lowest BCUT2D eigenvalue weighted by Gasteiger charge is -2.08. The summed E-state index contributed by atoms with van der Waals surface area (Å²) >= 11 is 0. The van der Waals surface area contributed by atoms with E-state index in [0.29, 0.717) is 64.8 Å². The van der Waals surface area contributed by atoms with Crippen LogP contribution >= 0.6 is 0 Å². The van der Waals surface area contributed by atoms with Crippen molar-refractivity contribution >= 4 is 47.7 Å². The Morgan fingerprint density at radius 3 is 1.04 bits per heavy atom. The number of hydrogen-bond donors (Lipinski definition) is 0. The highest BCUT2D eigenvalue weighted by atomic mass is 16.6. The van der Waals surface area contributed by atoms with E-state index < -0.39 is 23.9 Å². The van der Waals surface area contributed by atoms with Crippen molar-refractivity contribution in [3.63, 3.8) is 0 Å². The van der Waals surface area contributed by atoms with Crippen LogP contribution in [0.15, 0.2) is 156 Å². The van der Waals surface area contributed by atoms with E-state index in [4.69, 9.17) is 28.4 Å². The first kappa shape index (κ1) is 52.5. The molecule has 0 atom stereocenters. The first-order chi connectivity index (χ1) is 34.8. The Balaban J connectivity index is 0.835. The molecule has 12 nitrogen and oxygen atoms in total. The molecule has 0 aliphatic carbocycles. The van der Waals surface area contributed by atoms with E-state index in [2.05, 4.69) is 23.8 Å². The van der Waals surface area contributed by atoms with Gasteiger partial charge in [-0.3, -0.25) is 9.98 Å². The molecule has 0 spiro atoms. The van der Waals surface area contributed by atoms with Gasteiger partial charge in [-0.25, -0.2) is 19.2 Å². The third-order valence-electron chi connectivity index (χ3n) is 11.1. The van der Waals surface area contributed by atoms with E-state index in [1.807, 2.05) is 0 Å². The van der Waals surface area contributed by atoms with Crippen LogP contribution in [0.2, 0.25) is 0 Å². The molecule has 71 heavy (non-hydrogen) atoms. The first-order valence-corrected chi connectivity index (χ1v) is 24.5. The number of nitrogens with zero attached hydrogens (tertiary/aromatic N) is 2. The molecule has 368 valence electrons. The zero-order chi connectivity index (χ0) is 49.9. The number of hydrogen-bond acceptors (Lipinski definition) is 12. The maximum atomic E-state index is 12.7. The third-order valence-corrected chi connectivity index (χ3v) is 11.1. The molecule has 0 N–H and O–H groups in total. The van der Waals surface area contributed by atoms with Gasteiger partial charge in [0, 0.05) is 18.9 Å². The van der Waals surface area contributed by atoms with Crippen molar-refractivity contribution in [3.05, 3.63) is 179 Å². The summed E-state index contributed by atoms with van der Waals surface area (Å²) in [4.78, 5) is 59.6. The maximum Gasteiger partial charge on any atom is 0.343 e. The molecule has 6 aromatic carbocycles. The molecule has 0 saturated carbocycles. The predicted molar refractivity (Wildman–Crippen MR) is 277 cm³/mol. The normalized spacial score (nSPS) is 11.1. The van der Waals surface area contributed by atoms with Gasteiger partial charge in [0.1, 0.15) is 23.0 Å². The minimum atomic E-state index is -0.503. The summed E-state index contributed by atoms with van der Waals surface area (Å²) in [6, 6.07) is 41.2. The Kier molecular flexibility index (Phi) is 21.6. The molecule has 6 aromatic rings. The van der Waals surface area contributed by atoms with Crippen LogP contribution in [0, 0.1) is 0 Å². The lowest BCUT2D eigenvalue weighted by molar-refractivity contribution is 0.0395. The summed E-state index contributed by atoms with van der Waals surface area (Å²) in [5, 5.41) is 0. The van der Waals surface area contributed by atoms with Crippen molar-refractivity contribution in [2.24, 2.45) is 9.98 Å². The average molecular weight is 959 g/mol. The minimum Gasteiger partial charge on any atom is -0.494 e. The van der Waals surface area contributed by atoms with Crippen LogP contribution in [0.25, 0.3) is 0 Å². The fraction of sp³-hybridized carbons (Fsp3) is 0.288. The van der Waals surface area contributed by atoms with Gasteiger partial charge in [0.05, 0.1) is 60.1 Å². The quantitative estimate of drug-likeness (QED) is 0.0201. The number of carbonyl (C=O) groups excluding carboxylic acids is 4. The van der Waals surface area contributed by atoms with Crippen LogP contribution in [0.3, 0.4) is 0 Å². The van der Waals surface area contributed by atoms with Crippen LogP contribution < -0.4 is 18.9 Å². The fourth-order valence-electron chi connectivity index (χ4n) is 6.96. The summed E-state index contributed by atoms with van der Waals surface area (Å²) < 4.78 is 33.4. The third kappa shape index (κ3) is 18.5. The number of benzene rings is 6. The molecule has 0 aliphatic heterocycles. The van der Waals surface area contributed by atoms with E-state index in [9.17, 15) is 19.2 Å². The molecule has 0 fully saturated rings. The zero-order valence-corrected chi connectivity index (χ0v) is 40.6. The van der Waals surface area contributed by atoms with Gasteiger partial charge in [-0.1, -0.05) is 65.2 Å². The highest BCUT2D eigenvalue weighted by Gasteiger charge is 2.12. The van der Waals surface area contributed by atoms with Gasteiger partial charge in [0.15, 0.2) is 0 Å². The van der Waals surface area contributed by atoms with Crippen LogP contribution in [-0.2, 0) is 9.47 Å². The van der Waals surface area contributed by atoms with E-state index >= 15 is 0 Å². The Labute approximate surface area is 416 Å². The van der Waals surface area contributed by atoms with Crippen molar-refractivity contribution in [1.29, 1.82) is 0 Å². The number of aliphatic imine (C=N–C) groups is 2. The van der Waals surface area contributed by atoms with Crippen molar-refractivity contribution in [2.45, 2.75) is 84.5 Å². The van der Waals surface area contributed by atoms with Crippen molar-refractivity contribution < 1.29 is 47.6 Å². The number of ether oxygens (including phenoxy) is 6. The molecule has 0 radical (unpaired) electrons. The van der Waals surface area contributed by atoms with Gasteiger partial charge in [-0.2, -0.15) is 0 Å². The summed E-state index contributed by atoms with van der Waals surface area (Å²) in [6.07, 6.45) is 15.3. The number of carbonyl (C=O) groups is 4. The fourth-order valence-corrected chi connectivity index (χ4v) is 6.96. The van der Waals surface area contributed by atoms with Gasteiger partial charge in [-0.05, 0) is 170 Å². The van der Waals surface area contributed by atoms with Gasteiger partial charge < -0.3 is 28.4 Å². The molecule has 0 saturated heterocycles. The molecular formula is C59H62N2O10. The Morgan fingerprint density at radius 1 is 0.352 bits per heavy atom. The maximum absolute atomic E-state index is 12.7. The van der Waals surface area contributed by atoms with Crippen molar-refractivity contribution in [2.75, 3.05) is 26.4 Å². The summed E-state index contributed by atoms with van der Waals surface area (Å²) in [7, 11) is 0. The highest BCUT2D eigenvalue weighted by molar-refractivity contribution is 5.93. The van der Waals surface area contributed by atoms with Crippen LogP contribution in [0.5, 0.6) is 23.0 Å². The molecule has 12 heteroatoms. The smallest absolute Gasteiger partial charge is 0.343 e. The molecule has 0 aliphatic rings. The summed E-state index contributed by atoms with van der Waals surface area (Å²) in [6.45, 7) is 5.83. The van der Waals surface area contributed by atoms with Crippen LogP contribution in [0.4, 0.5) is 11.4 Å². The van der Waals surface area contributed by atoms with Gasteiger partial charge in [-0.15, -0.1) is 0 Å². The van der Waals surface area contributed by atoms with Gasteiger partial charge in [0.25, 0.3) is 0 Å². The molecule has 6 rings (SSSR count). The highest BCUT2D eigenvalue weighted by Crippen LogP contribution is 2.21. The standard InChI is InChI=1S/C59H62N2O10/c1-3-5-7-9-11-38-66-52-34-22-48(23-35-52)58(64)70-54-30-14-44(15-31-54)42-60-50-26-18-46(19-27-50)56(62)68-40-13-41-69-57(63)47-20-28-51(29-21-47)61-43-45-16-32-55(33-17-45)71-59(65)49-24-36-53(37-25-49)67-39-12-10-8-6-4-2/h14-37,42-43H,3-13,38-41H2,1-2H3. The Hall–Kier alpha value is -7.86. The largest absolute Gasteiger partial charge is 0.494 e. The second-order valence-electron chi connectivity index (χ2n) is 16.7. The number of unbranched alkanes of at least 4 members (excludes halogenated alkanes) is 8. The zero-order valence-electron chi connectivity index (χ0n) is 40.6. The minimum absolute atomic E-state index is 0.0674. The second kappa shape index (κ2) is 29.2.